The van der Waals surface area contributed by atoms with Gasteiger partial charge in [-0.1, -0.05) is 25.0 Å². The van der Waals surface area contributed by atoms with E-state index < -0.39 is 24.0 Å². The number of hydrogen-bond acceptors (Lipinski definition) is 6. The third kappa shape index (κ3) is 5.40. The summed E-state index contributed by atoms with van der Waals surface area (Å²) in [7, 11) is 0. The van der Waals surface area contributed by atoms with E-state index in [2.05, 4.69) is 15.7 Å². The summed E-state index contributed by atoms with van der Waals surface area (Å²) < 4.78 is 6.65. The van der Waals surface area contributed by atoms with Crippen LogP contribution in [0.1, 0.15) is 39.0 Å². The van der Waals surface area contributed by atoms with Crippen LogP contribution in [0.15, 0.2) is 35.3 Å². The molecule has 2 aromatic rings. The Morgan fingerprint density at radius 1 is 1.24 bits per heavy atom. The molecule has 0 unspecified atom stereocenters. The number of esters is 1. The zero-order valence-corrected chi connectivity index (χ0v) is 16.2. The Labute approximate surface area is 167 Å². The fourth-order valence-corrected chi connectivity index (χ4v) is 3.35. The number of urea groups is 1. The highest BCUT2D eigenvalue weighted by atomic mass is 16.5. The standard InChI is InChI=1S/C20H24N4O5/c1-13(19(27)23-20(28)22-14-6-2-3-7-14)29-18(26)10-11-24-16-9-5-4-8-15(16)17(25)12-21-24/h4-5,8-9,12-14H,2-3,6-7,10-11H2,1H3,(H2,22,23,27,28)/t13-/m0/s1. The van der Waals surface area contributed by atoms with Crippen LogP contribution in [0.4, 0.5) is 4.79 Å². The van der Waals surface area contributed by atoms with Gasteiger partial charge in [-0.2, -0.15) is 5.10 Å². The first-order chi connectivity index (χ1) is 13.9. The number of hydrogen-bond donors (Lipinski definition) is 2. The average molecular weight is 400 g/mol. The number of aromatic nitrogens is 2. The van der Waals surface area contributed by atoms with Crippen molar-refractivity contribution in [3.63, 3.8) is 0 Å². The van der Waals surface area contributed by atoms with Crippen molar-refractivity contribution in [1.82, 2.24) is 20.4 Å². The molecule has 1 heterocycles. The number of fused-ring (bicyclic) bond motifs is 1. The number of aryl methyl sites for hydroxylation is 1. The number of carbonyl (C=O) groups is 3. The molecule has 1 aliphatic carbocycles. The van der Waals surface area contributed by atoms with Crippen LogP contribution in [-0.4, -0.2) is 39.8 Å². The molecule has 3 rings (SSSR count). The van der Waals surface area contributed by atoms with Gasteiger partial charge in [-0.25, -0.2) is 4.79 Å². The van der Waals surface area contributed by atoms with Gasteiger partial charge in [0.15, 0.2) is 6.10 Å². The van der Waals surface area contributed by atoms with Gasteiger partial charge in [0, 0.05) is 11.4 Å². The lowest BCUT2D eigenvalue weighted by Gasteiger charge is -2.16. The number of rotatable bonds is 6. The Balaban J connectivity index is 1.49. The smallest absolute Gasteiger partial charge is 0.321 e. The topological polar surface area (TPSA) is 119 Å². The second kappa shape index (κ2) is 9.31. The maximum Gasteiger partial charge on any atom is 0.321 e. The van der Waals surface area contributed by atoms with Crippen molar-refractivity contribution in [2.45, 2.75) is 57.7 Å². The number of para-hydroxylation sites is 1. The molecule has 2 N–H and O–H groups in total. The Morgan fingerprint density at radius 3 is 2.72 bits per heavy atom. The van der Waals surface area contributed by atoms with Crippen LogP contribution in [0, 0.1) is 0 Å². The molecule has 1 aromatic carbocycles. The van der Waals surface area contributed by atoms with Crippen LogP contribution >= 0.6 is 0 Å². The summed E-state index contributed by atoms with van der Waals surface area (Å²) in [5, 5.41) is 9.49. The zero-order valence-electron chi connectivity index (χ0n) is 16.2. The number of imide groups is 1. The summed E-state index contributed by atoms with van der Waals surface area (Å²) in [5.74, 6) is -1.28. The van der Waals surface area contributed by atoms with E-state index in [-0.39, 0.29) is 24.4 Å². The second-order valence-corrected chi connectivity index (χ2v) is 7.08. The monoisotopic (exact) mass is 400 g/mol. The Bertz CT molecular complexity index is 965. The average Bonchev–Trinajstić information content (AvgIpc) is 3.20. The van der Waals surface area contributed by atoms with Crippen LogP contribution in [0.5, 0.6) is 0 Å². The first kappa shape index (κ1) is 20.5. The van der Waals surface area contributed by atoms with Crippen molar-refractivity contribution < 1.29 is 19.1 Å². The molecule has 29 heavy (non-hydrogen) atoms. The highest BCUT2D eigenvalue weighted by Gasteiger charge is 2.22. The summed E-state index contributed by atoms with van der Waals surface area (Å²) in [5.41, 5.74) is 0.419. The zero-order chi connectivity index (χ0) is 20.8. The minimum atomic E-state index is -1.10. The lowest BCUT2D eigenvalue weighted by molar-refractivity contribution is -0.154. The number of carbonyl (C=O) groups excluding carboxylic acids is 3. The van der Waals surface area contributed by atoms with E-state index in [1.165, 1.54) is 17.8 Å². The van der Waals surface area contributed by atoms with Gasteiger partial charge in [-0.05, 0) is 31.9 Å². The molecule has 1 aromatic heterocycles. The summed E-state index contributed by atoms with van der Waals surface area (Å²) in [6.45, 7) is 1.60. The fraction of sp³-hybridized carbons (Fsp3) is 0.450. The van der Waals surface area contributed by atoms with Crippen molar-refractivity contribution in [3.8, 4) is 0 Å². The first-order valence-corrected chi connectivity index (χ1v) is 9.70. The maximum absolute atomic E-state index is 12.1. The number of benzene rings is 1. The largest absolute Gasteiger partial charge is 0.452 e. The van der Waals surface area contributed by atoms with Gasteiger partial charge in [0.25, 0.3) is 5.91 Å². The number of amides is 3. The normalized spacial score (nSPS) is 15.1. The molecule has 0 aliphatic heterocycles. The van der Waals surface area contributed by atoms with Crippen LogP contribution in [-0.2, 0) is 20.9 Å². The summed E-state index contributed by atoms with van der Waals surface area (Å²) >= 11 is 0. The Hall–Kier alpha value is -3.23. The van der Waals surface area contributed by atoms with Crippen LogP contribution < -0.4 is 16.1 Å². The lowest BCUT2D eigenvalue weighted by atomic mass is 10.2. The highest BCUT2D eigenvalue weighted by Crippen LogP contribution is 2.17. The molecule has 0 saturated heterocycles. The van der Waals surface area contributed by atoms with Gasteiger partial charge in [0.1, 0.15) is 0 Å². The van der Waals surface area contributed by atoms with E-state index in [9.17, 15) is 19.2 Å². The van der Waals surface area contributed by atoms with E-state index in [0.717, 1.165) is 25.7 Å². The molecular weight excluding hydrogens is 376 g/mol. The minimum absolute atomic E-state index is 0.0360. The van der Waals surface area contributed by atoms with E-state index in [1.54, 1.807) is 24.3 Å². The molecule has 1 atom stereocenters. The number of nitrogens with zero attached hydrogens (tertiary/aromatic N) is 2. The summed E-state index contributed by atoms with van der Waals surface area (Å²) in [6, 6.07) is 6.48. The molecule has 0 radical (unpaired) electrons. The molecule has 9 heteroatoms. The van der Waals surface area contributed by atoms with Crippen LogP contribution in [0.3, 0.4) is 0 Å². The minimum Gasteiger partial charge on any atom is -0.452 e. The van der Waals surface area contributed by atoms with Crippen LogP contribution in [0.2, 0.25) is 0 Å². The number of nitrogens with one attached hydrogen (secondary N) is 2. The van der Waals surface area contributed by atoms with Gasteiger partial charge in [0.05, 0.1) is 24.7 Å². The summed E-state index contributed by atoms with van der Waals surface area (Å²) in [4.78, 5) is 47.8. The van der Waals surface area contributed by atoms with Gasteiger partial charge in [0.2, 0.25) is 5.43 Å². The molecule has 0 bridgehead atoms. The van der Waals surface area contributed by atoms with Gasteiger partial charge in [-0.3, -0.25) is 24.4 Å². The van der Waals surface area contributed by atoms with Crippen molar-refractivity contribution in [2.24, 2.45) is 0 Å². The molecule has 3 amide bonds. The summed E-state index contributed by atoms with van der Waals surface area (Å²) in [6.07, 6.45) is 3.99. The SMILES string of the molecule is C[C@H](OC(=O)CCn1ncc(=O)c2ccccc21)C(=O)NC(=O)NC1CCCC1. The Kier molecular flexibility index (Phi) is 6.58. The first-order valence-electron chi connectivity index (χ1n) is 9.70. The van der Waals surface area contributed by atoms with Crippen molar-refractivity contribution in [2.75, 3.05) is 0 Å². The molecule has 0 spiro atoms. The molecular formula is C20H24N4O5. The van der Waals surface area contributed by atoms with Gasteiger partial charge >= 0.3 is 12.0 Å². The quantitative estimate of drug-likeness (QED) is 0.709. The van der Waals surface area contributed by atoms with Crippen molar-refractivity contribution in [3.05, 3.63) is 40.7 Å². The molecule has 1 fully saturated rings. The van der Waals surface area contributed by atoms with Gasteiger partial charge in [-0.15, -0.1) is 0 Å². The van der Waals surface area contributed by atoms with Crippen molar-refractivity contribution >= 4 is 28.8 Å². The predicted octanol–water partition coefficient (Wildman–Crippen LogP) is 1.49. The van der Waals surface area contributed by atoms with E-state index in [0.29, 0.717) is 10.9 Å². The third-order valence-corrected chi connectivity index (χ3v) is 4.89. The molecule has 154 valence electrons. The van der Waals surface area contributed by atoms with Crippen molar-refractivity contribution in [1.29, 1.82) is 0 Å². The van der Waals surface area contributed by atoms with Gasteiger partial charge < -0.3 is 10.1 Å². The second-order valence-electron chi connectivity index (χ2n) is 7.08. The van der Waals surface area contributed by atoms with E-state index in [4.69, 9.17) is 4.74 Å². The number of ether oxygens (including phenoxy) is 1. The Morgan fingerprint density at radius 2 is 1.97 bits per heavy atom. The molecule has 9 nitrogen and oxygen atoms in total. The third-order valence-electron chi connectivity index (χ3n) is 4.89. The maximum atomic E-state index is 12.1. The molecule has 1 saturated carbocycles. The van der Waals surface area contributed by atoms with E-state index in [1.807, 2.05) is 0 Å². The predicted molar refractivity (Wildman–Crippen MR) is 105 cm³/mol. The molecule has 1 aliphatic rings. The lowest BCUT2D eigenvalue weighted by Crippen LogP contribution is -2.47. The van der Waals surface area contributed by atoms with Crippen LogP contribution in [0.25, 0.3) is 10.9 Å². The fourth-order valence-electron chi connectivity index (χ4n) is 3.35. The van der Waals surface area contributed by atoms with E-state index >= 15 is 0 Å². The highest BCUT2D eigenvalue weighted by molar-refractivity contribution is 5.97.